The van der Waals surface area contributed by atoms with E-state index < -0.39 is 5.60 Å². The summed E-state index contributed by atoms with van der Waals surface area (Å²) in [6.45, 7) is 6.95. The van der Waals surface area contributed by atoms with Crippen LogP contribution in [0.25, 0.3) is 0 Å². The minimum Gasteiger partial charge on any atom is -0.458 e. The van der Waals surface area contributed by atoms with Crippen LogP contribution < -0.4 is 9.47 Å². The highest BCUT2D eigenvalue weighted by molar-refractivity contribution is 5.91. The fourth-order valence-electron chi connectivity index (χ4n) is 6.13. The van der Waals surface area contributed by atoms with Crippen LogP contribution >= 0.6 is 0 Å². The Morgan fingerprint density at radius 1 is 1.27 bits per heavy atom. The second kappa shape index (κ2) is 6.00. The van der Waals surface area contributed by atoms with Crippen LogP contribution in [0.4, 0.5) is 0 Å². The van der Waals surface area contributed by atoms with Crippen LogP contribution in [-0.2, 0) is 19.0 Å². The number of esters is 2. The Labute approximate surface area is 174 Å². The van der Waals surface area contributed by atoms with Gasteiger partial charge in [0, 0.05) is 17.4 Å². The zero-order valence-electron chi connectivity index (χ0n) is 16.8. The lowest BCUT2D eigenvalue weighted by Crippen LogP contribution is -2.56. The summed E-state index contributed by atoms with van der Waals surface area (Å²) in [5.74, 6) is 0.756. The first-order valence-corrected chi connectivity index (χ1v) is 10.5. The van der Waals surface area contributed by atoms with Crippen molar-refractivity contribution >= 4 is 11.9 Å². The first-order chi connectivity index (χ1) is 14.4. The summed E-state index contributed by atoms with van der Waals surface area (Å²) < 4.78 is 28.3. The fourth-order valence-corrected chi connectivity index (χ4v) is 6.13. The minimum absolute atomic E-state index is 0.00970. The van der Waals surface area contributed by atoms with Gasteiger partial charge in [0.25, 0.3) is 0 Å². The smallest absolute Gasteiger partial charge is 0.338 e. The molecule has 3 aliphatic heterocycles. The summed E-state index contributed by atoms with van der Waals surface area (Å²) in [5.41, 5.74) is 0.521. The van der Waals surface area contributed by atoms with E-state index >= 15 is 0 Å². The van der Waals surface area contributed by atoms with E-state index in [-0.39, 0.29) is 48.2 Å². The highest BCUT2D eigenvalue weighted by Crippen LogP contribution is 2.63. The molecule has 0 unspecified atom stereocenters. The Hall–Kier alpha value is -2.54. The molecule has 2 aliphatic carbocycles. The van der Waals surface area contributed by atoms with Gasteiger partial charge >= 0.3 is 11.9 Å². The molecule has 3 heterocycles. The van der Waals surface area contributed by atoms with Crippen LogP contribution in [0.3, 0.4) is 0 Å². The SMILES string of the molecule is C=C1C(=O)O[C@@H]2C[C@@]3(C)CC[C@@H](OC(=O)c4ccc5c(c4)OCO5)[C@]4(CO4)[C@@H]3C[C@H]12. The Bertz CT molecular complexity index is 964. The molecule has 7 nitrogen and oxygen atoms in total. The van der Waals surface area contributed by atoms with E-state index in [1.165, 1.54) is 0 Å². The number of epoxide rings is 1. The van der Waals surface area contributed by atoms with E-state index in [1.807, 2.05) is 0 Å². The molecule has 2 saturated carbocycles. The predicted octanol–water partition coefficient (Wildman–Crippen LogP) is 3.02. The van der Waals surface area contributed by atoms with Crippen molar-refractivity contribution in [3.8, 4) is 11.5 Å². The average molecular weight is 412 g/mol. The number of ether oxygens (including phenoxy) is 5. The number of benzene rings is 1. The monoisotopic (exact) mass is 412 g/mol. The van der Waals surface area contributed by atoms with Gasteiger partial charge in [-0.2, -0.15) is 0 Å². The van der Waals surface area contributed by atoms with Crippen LogP contribution in [0.15, 0.2) is 30.4 Å². The van der Waals surface area contributed by atoms with Gasteiger partial charge in [-0.1, -0.05) is 13.5 Å². The molecule has 0 amide bonds. The first-order valence-electron chi connectivity index (χ1n) is 10.5. The van der Waals surface area contributed by atoms with Gasteiger partial charge in [0.1, 0.15) is 17.8 Å². The van der Waals surface area contributed by atoms with Crippen molar-refractivity contribution in [1.82, 2.24) is 0 Å². The van der Waals surface area contributed by atoms with Crippen LogP contribution in [0.1, 0.15) is 43.0 Å². The predicted molar refractivity (Wildman–Crippen MR) is 103 cm³/mol. The average Bonchev–Trinajstić information content (AvgIpc) is 3.27. The maximum absolute atomic E-state index is 12.9. The molecule has 30 heavy (non-hydrogen) atoms. The van der Waals surface area contributed by atoms with Crippen LogP contribution in [0, 0.1) is 17.3 Å². The van der Waals surface area contributed by atoms with Crippen molar-refractivity contribution in [1.29, 1.82) is 0 Å². The largest absolute Gasteiger partial charge is 0.458 e. The third-order valence-corrected chi connectivity index (χ3v) is 7.86. The van der Waals surface area contributed by atoms with E-state index in [1.54, 1.807) is 18.2 Å². The molecule has 0 aromatic heterocycles. The number of fused-ring (bicyclic) bond motifs is 4. The summed E-state index contributed by atoms with van der Waals surface area (Å²) in [6.07, 6.45) is 2.82. The number of carbonyl (C=O) groups excluding carboxylic acids is 2. The first kappa shape index (κ1) is 18.2. The van der Waals surface area contributed by atoms with Crippen molar-refractivity contribution in [2.45, 2.75) is 50.4 Å². The lowest BCUT2D eigenvalue weighted by atomic mass is 9.53. The maximum atomic E-state index is 12.9. The molecular weight excluding hydrogens is 388 g/mol. The quantitative estimate of drug-likeness (QED) is 0.419. The molecule has 158 valence electrons. The lowest BCUT2D eigenvalue weighted by molar-refractivity contribution is -0.148. The normalized spacial score (nSPS) is 40.6. The van der Waals surface area contributed by atoms with Crippen molar-refractivity contribution in [2.75, 3.05) is 13.4 Å². The zero-order valence-corrected chi connectivity index (χ0v) is 16.8. The second-order valence-corrected chi connectivity index (χ2v) is 9.47. The van der Waals surface area contributed by atoms with Gasteiger partial charge in [-0.3, -0.25) is 0 Å². The molecule has 1 aromatic rings. The van der Waals surface area contributed by atoms with Gasteiger partial charge in [-0.25, -0.2) is 9.59 Å². The molecule has 1 spiro atoms. The standard InChI is InChI=1S/C23H24O7/c1-12-14-8-18-22(2,9-17(14)29-20(12)24)6-5-19(23(18)10-28-23)30-21(25)13-3-4-15-16(7-13)27-11-26-15/h3-4,7,14,17-19H,1,5-6,8-11H2,2H3/t14-,17-,18-,19-,22-,23+/m1/s1. The molecule has 6 rings (SSSR count). The summed E-state index contributed by atoms with van der Waals surface area (Å²) in [6, 6.07) is 5.08. The number of carbonyl (C=O) groups is 2. The summed E-state index contributed by atoms with van der Waals surface area (Å²) in [4.78, 5) is 24.9. The Balaban J connectivity index is 1.24. The molecule has 0 radical (unpaired) electrons. The Kier molecular flexibility index (Phi) is 3.65. The van der Waals surface area contributed by atoms with Crippen molar-refractivity contribution in [3.05, 3.63) is 35.9 Å². The molecule has 7 heteroatoms. The second-order valence-electron chi connectivity index (χ2n) is 9.47. The third kappa shape index (κ3) is 2.47. The minimum atomic E-state index is -0.476. The van der Waals surface area contributed by atoms with Gasteiger partial charge in [-0.05, 0) is 49.3 Å². The van der Waals surface area contributed by atoms with Crippen LogP contribution in [0.2, 0.25) is 0 Å². The highest BCUT2D eigenvalue weighted by Gasteiger charge is 2.69. The third-order valence-electron chi connectivity index (χ3n) is 7.86. The highest BCUT2D eigenvalue weighted by atomic mass is 16.7. The molecule has 0 N–H and O–H groups in total. The van der Waals surface area contributed by atoms with Gasteiger partial charge < -0.3 is 23.7 Å². The van der Waals surface area contributed by atoms with Gasteiger partial charge in [0.15, 0.2) is 11.5 Å². The molecule has 5 aliphatic rings. The number of rotatable bonds is 2. The molecule has 0 bridgehead atoms. The Morgan fingerprint density at radius 2 is 2.07 bits per heavy atom. The lowest BCUT2D eigenvalue weighted by Gasteiger charge is -2.53. The molecular formula is C23H24O7. The fraction of sp³-hybridized carbons (Fsp3) is 0.565. The van der Waals surface area contributed by atoms with E-state index in [0.29, 0.717) is 29.2 Å². The van der Waals surface area contributed by atoms with E-state index in [2.05, 4.69) is 13.5 Å². The van der Waals surface area contributed by atoms with E-state index in [9.17, 15) is 9.59 Å². The molecule has 6 atom stereocenters. The molecule has 1 aromatic carbocycles. The molecule has 2 saturated heterocycles. The van der Waals surface area contributed by atoms with Crippen molar-refractivity contribution in [2.24, 2.45) is 17.3 Å². The van der Waals surface area contributed by atoms with Crippen molar-refractivity contribution < 1.29 is 33.3 Å². The maximum Gasteiger partial charge on any atom is 0.338 e. The summed E-state index contributed by atoms with van der Waals surface area (Å²) in [5, 5.41) is 0. The van der Waals surface area contributed by atoms with Crippen molar-refractivity contribution in [3.63, 3.8) is 0 Å². The number of hydrogen-bond donors (Lipinski definition) is 0. The van der Waals surface area contributed by atoms with Crippen LogP contribution in [0.5, 0.6) is 11.5 Å². The summed E-state index contributed by atoms with van der Waals surface area (Å²) >= 11 is 0. The number of hydrogen-bond acceptors (Lipinski definition) is 7. The Morgan fingerprint density at radius 3 is 2.87 bits per heavy atom. The van der Waals surface area contributed by atoms with Gasteiger partial charge in [0.05, 0.1) is 12.2 Å². The van der Waals surface area contributed by atoms with E-state index in [4.69, 9.17) is 23.7 Å². The zero-order chi connectivity index (χ0) is 20.7. The molecule has 4 fully saturated rings. The van der Waals surface area contributed by atoms with Gasteiger partial charge in [-0.15, -0.1) is 0 Å². The van der Waals surface area contributed by atoms with Crippen LogP contribution in [-0.4, -0.2) is 43.1 Å². The van der Waals surface area contributed by atoms with Gasteiger partial charge in [0.2, 0.25) is 6.79 Å². The topological polar surface area (TPSA) is 83.6 Å². The van der Waals surface area contributed by atoms with E-state index in [0.717, 1.165) is 25.7 Å². The summed E-state index contributed by atoms with van der Waals surface area (Å²) in [7, 11) is 0.